The normalized spacial score (nSPS) is 12.4. The lowest BCUT2D eigenvalue weighted by Gasteiger charge is -2.13. The second-order valence-electron chi connectivity index (χ2n) is 4.23. The number of thiazole rings is 1. The molecule has 1 unspecified atom stereocenters. The fourth-order valence-electron chi connectivity index (χ4n) is 1.59. The van der Waals surface area contributed by atoms with Gasteiger partial charge in [-0.2, -0.15) is 0 Å². The standard InChI is InChI=1S/C13H16BrN3S/c1-4-10-7-16-13(18-10)9(3)17-12-11(14)5-8(2)6-15-12/h5-7,9H,4H2,1-3H3,(H,15,17). The van der Waals surface area contributed by atoms with Gasteiger partial charge in [0.1, 0.15) is 10.8 Å². The summed E-state index contributed by atoms with van der Waals surface area (Å²) in [7, 11) is 0. The molecule has 0 saturated heterocycles. The first-order valence-corrected chi connectivity index (χ1v) is 7.54. The second-order valence-corrected chi connectivity index (χ2v) is 6.23. The van der Waals surface area contributed by atoms with Crippen LogP contribution in [0.15, 0.2) is 22.9 Å². The maximum atomic E-state index is 4.44. The molecule has 2 aromatic heterocycles. The van der Waals surface area contributed by atoms with E-state index >= 15 is 0 Å². The van der Waals surface area contributed by atoms with Crippen molar-refractivity contribution in [2.24, 2.45) is 0 Å². The molecule has 1 N–H and O–H groups in total. The summed E-state index contributed by atoms with van der Waals surface area (Å²) in [5.74, 6) is 0.862. The number of rotatable bonds is 4. The van der Waals surface area contributed by atoms with Gasteiger partial charge in [0, 0.05) is 17.3 Å². The van der Waals surface area contributed by atoms with Gasteiger partial charge in [0.25, 0.3) is 0 Å². The van der Waals surface area contributed by atoms with Gasteiger partial charge in [0.05, 0.1) is 10.5 Å². The third kappa shape index (κ3) is 3.09. The van der Waals surface area contributed by atoms with Crippen molar-refractivity contribution in [2.45, 2.75) is 33.2 Å². The summed E-state index contributed by atoms with van der Waals surface area (Å²) in [5, 5.41) is 4.48. The first-order valence-electron chi connectivity index (χ1n) is 5.93. The molecule has 0 radical (unpaired) electrons. The smallest absolute Gasteiger partial charge is 0.140 e. The van der Waals surface area contributed by atoms with E-state index in [0.717, 1.165) is 27.3 Å². The molecule has 0 amide bonds. The van der Waals surface area contributed by atoms with Gasteiger partial charge in [-0.15, -0.1) is 11.3 Å². The maximum absolute atomic E-state index is 4.44. The number of hydrogen-bond acceptors (Lipinski definition) is 4. The number of anilines is 1. The van der Waals surface area contributed by atoms with Gasteiger partial charge < -0.3 is 5.32 Å². The molecule has 96 valence electrons. The highest BCUT2D eigenvalue weighted by atomic mass is 79.9. The number of hydrogen-bond donors (Lipinski definition) is 1. The van der Waals surface area contributed by atoms with Crippen LogP contribution in [0.3, 0.4) is 0 Å². The van der Waals surface area contributed by atoms with E-state index in [0.29, 0.717) is 0 Å². The number of halogens is 1. The first kappa shape index (κ1) is 13.5. The molecule has 18 heavy (non-hydrogen) atoms. The van der Waals surface area contributed by atoms with Crippen LogP contribution in [-0.2, 0) is 6.42 Å². The van der Waals surface area contributed by atoms with Gasteiger partial charge in [-0.3, -0.25) is 0 Å². The fourth-order valence-corrected chi connectivity index (χ4v) is 3.03. The number of nitrogens with one attached hydrogen (secondary N) is 1. The first-order chi connectivity index (χ1) is 8.60. The lowest BCUT2D eigenvalue weighted by Crippen LogP contribution is -2.08. The van der Waals surface area contributed by atoms with Crippen molar-refractivity contribution in [1.29, 1.82) is 0 Å². The van der Waals surface area contributed by atoms with Crippen molar-refractivity contribution in [3.05, 3.63) is 38.4 Å². The van der Waals surface area contributed by atoms with Crippen LogP contribution in [0, 0.1) is 6.92 Å². The minimum absolute atomic E-state index is 0.168. The summed E-state index contributed by atoms with van der Waals surface area (Å²) < 4.78 is 0.988. The SMILES string of the molecule is CCc1cnc(C(C)Nc2ncc(C)cc2Br)s1. The molecular weight excluding hydrogens is 310 g/mol. The minimum Gasteiger partial charge on any atom is -0.360 e. The Balaban J connectivity index is 2.13. The molecule has 0 aliphatic carbocycles. The topological polar surface area (TPSA) is 37.8 Å². The van der Waals surface area contributed by atoms with Crippen LogP contribution in [0.1, 0.15) is 35.3 Å². The Morgan fingerprint density at radius 2 is 2.17 bits per heavy atom. The van der Waals surface area contributed by atoms with E-state index in [4.69, 9.17) is 0 Å². The summed E-state index contributed by atoms with van der Waals surface area (Å²) in [6.45, 7) is 6.28. The summed E-state index contributed by atoms with van der Waals surface area (Å²) in [6.07, 6.45) is 4.85. The summed E-state index contributed by atoms with van der Waals surface area (Å²) in [6, 6.07) is 2.23. The number of aryl methyl sites for hydroxylation is 2. The predicted octanol–water partition coefficient (Wildman–Crippen LogP) is 4.34. The highest BCUT2D eigenvalue weighted by Crippen LogP contribution is 2.27. The zero-order valence-electron chi connectivity index (χ0n) is 10.7. The van der Waals surface area contributed by atoms with E-state index in [1.54, 1.807) is 11.3 Å². The van der Waals surface area contributed by atoms with Gasteiger partial charge in [-0.1, -0.05) is 6.92 Å². The van der Waals surface area contributed by atoms with Gasteiger partial charge in [-0.05, 0) is 47.8 Å². The third-order valence-corrected chi connectivity index (χ3v) is 4.55. The molecule has 0 bridgehead atoms. The maximum Gasteiger partial charge on any atom is 0.140 e. The lowest BCUT2D eigenvalue weighted by molar-refractivity contribution is 0.858. The van der Waals surface area contributed by atoms with E-state index in [-0.39, 0.29) is 6.04 Å². The molecule has 2 heterocycles. The molecule has 0 aliphatic rings. The molecule has 0 aliphatic heterocycles. The van der Waals surface area contributed by atoms with Gasteiger partial charge in [0.2, 0.25) is 0 Å². The van der Waals surface area contributed by atoms with E-state index in [1.165, 1.54) is 4.88 Å². The molecule has 0 fully saturated rings. The van der Waals surface area contributed by atoms with E-state index in [1.807, 2.05) is 19.3 Å². The molecule has 5 heteroatoms. The van der Waals surface area contributed by atoms with Crippen LogP contribution in [0.5, 0.6) is 0 Å². The van der Waals surface area contributed by atoms with Crippen molar-refractivity contribution >= 4 is 33.1 Å². The fraction of sp³-hybridized carbons (Fsp3) is 0.385. The van der Waals surface area contributed by atoms with E-state index in [2.05, 4.69) is 51.1 Å². The van der Waals surface area contributed by atoms with Crippen molar-refractivity contribution in [1.82, 2.24) is 9.97 Å². The number of pyridine rings is 1. The Labute approximate surface area is 120 Å². The monoisotopic (exact) mass is 325 g/mol. The Morgan fingerprint density at radius 3 is 2.78 bits per heavy atom. The molecule has 2 rings (SSSR count). The summed E-state index contributed by atoms with van der Waals surface area (Å²) >= 11 is 5.28. The Morgan fingerprint density at radius 1 is 1.39 bits per heavy atom. The second kappa shape index (κ2) is 5.80. The van der Waals surface area contributed by atoms with Crippen molar-refractivity contribution in [3.8, 4) is 0 Å². The Hall–Kier alpha value is -0.940. The highest BCUT2D eigenvalue weighted by Gasteiger charge is 2.12. The summed E-state index contributed by atoms with van der Waals surface area (Å²) in [4.78, 5) is 10.1. The zero-order chi connectivity index (χ0) is 13.1. The summed E-state index contributed by atoms with van der Waals surface area (Å²) in [5.41, 5.74) is 1.14. The molecule has 0 aromatic carbocycles. The predicted molar refractivity (Wildman–Crippen MR) is 80.2 cm³/mol. The molecule has 1 atom stereocenters. The van der Waals surface area contributed by atoms with Gasteiger partial charge in [-0.25, -0.2) is 9.97 Å². The highest BCUT2D eigenvalue weighted by molar-refractivity contribution is 9.10. The Kier molecular flexibility index (Phi) is 4.35. The van der Waals surface area contributed by atoms with Crippen LogP contribution in [0.2, 0.25) is 0 Å². The molecule has 3 nitrogen and oxygen atoms in total. The molecule has 2 aromatic rings. The quantitative estimate of drug-likeness (QED) is 0.908. The largest absolute Gasteiger partial charge is 0.360 e. The van der Waals surface area contributed by atoms with Crippen molar-refractivity contribution in [2.75, 3.05) is 5.32 Å². The Bertz CT molecular complexity index is 539. The molecule has 0 spiro atoms. The van der Waals surface area contributed by atoms with Crippen LogP contribution in [0.25, 0.3) is 0 Å². The average molecular weight is 326 g/mol. The lowest BCUT2D eigenvalue weighted by atomic mass is 10.3. The third-order valence-electron chi connectivity index (χ3n) is 2.62. The zero-order valence-corrected chi connectivity index (χ0v) is 13.1. The average Bonchev–Trinajstić information content (AvgIpc) is 2.81. The molecular formula is C13H16BrN3S. The van der Waals surface area contributed by atoms with E-state index < -0.39 is 0 Å². The van der Waals surface area contributed by atoms with Gasteiger partial charge >= 0.3 is 0 Å². The van der Waals surface area contributed by atoms with Crippen LogP contribution < -0.4 is 5.32 Å². The van der Waals surface area contributed by atoms with Crippen LogP contribution in [0.4, 0.5) is 5.82 Å². The van der Waals surface area contributed by atoms with Crippen molar-refractivity contribution in [3.63, 3.8) is 0 Å². The van der Waals surface area contributed by atoms with Crippen molar-refractivity contribution < 1.29 is 0 Å². The minimum atomic E-state index is 0.168. The van der Waals surface area contributed by atoms with Gasteiger partial charge in [0.15, 0.2) is 0 Å². The van der Waals surface area contributed by atoms with E-state index in [9.17, 15) is 0 Å². The van der Waals surface area contributed by atoms with Crippen LogP contribution >= 0.6 is 27.3 Å². The number of aromatic nitrogens is 2. The molecule has 0 saturated carbocycles. The number of nitrogens with zero attached hydrogens (tertiary/aromatic N) is 2. The van der Waals surface area contributed by atoms with Crippen LogP contribution in [-0.4, -0.2) is 9.97 Å².